The molecular formula is C26H29N3O. The lowest BCUT2D eigenvalue weighted by Gasteiger charge is -2.32. The van der Waals surface area contributed by atoms with Crippen LogP contribution in [0, 0.1) is 13.8 Å². The summed E-state index contributed by atoms with van der Waals surface area (Å²) in [7, 11) is 0. The lowest BCUT2D eigenvalue weighted by Crippen LogP contribution is -2.34. The number of nitrogens with zero attached hydrogens (tertiary/aromatic N) is 1. The van der Waals surface area contributed by atoms with Crippen molar-refractivity contribution in [3.63, 3.8) is 0 Å². The first-order valence-electron chi connectivity index (χ1n) is 11.0. The van der Waals surface area contributed by atoms with Gasteiger partial charge in [-0.3, -0.25) is 4.79 Å². The van der Waals surface area contributed by atoms with Gasteiger partial charge in [-0.15, -0.1) is 0 Å². The summed E-state index contributed by atoms with van der Waals surface area (Å²) in [5.74, 6) is 0.628. The number of aromatic nitrogens is 2. The van der Waals surface area contributed by atoms with Crippen molar-refractivity contribution in [1.82, 2.24) is 14.9 Å². The molecule has 30 heavy (non-hydrogen) atoms. The van der Waals surface area contributed by atoms with Crippen molar-refractivity contribution in [1.29, 1.82) is 0 Å². The van der Waals surface area contributed by atoms with Crippen LogP contribution in [0.3, 0.4) is 0 Å². The van der Waals surface area contributed by atoms with Gasteiger partial charge < -0.3 is 14.9 Å². The third-order valence-corrected chi connectivity index (χ3v) is 6.71. The second kappa shape index (κ2) is 7.77. The van der Waals surface area contributed by atoms with Gasteiger partial charge in [0.2, 0.25) is 5.56 Å². The Balaban J connectivity index is 1.28. The molecule has 4 aromatic rings. The molecule has 0 spiro atoms. The fraction of sp³-hybridized carbons (Fsp3) is 0.346. The van der Waals surface area contributed by atoms with Crippen molar-refractivity contribution >= 4 is 21.8 Å². The number of hydrogen-bond donors (Lipinski definition) is 2. The predicted molar refractivity (Wildman–Crippen MR) is 124 cm³/mol. The Morgan fingerprint density at radius 2 is 1.83 bits per heavy atom. The number of hydrogen-bond acceptors (Lipinski definition) is 2. The van der Waals surface area contributed by atoms with Crippen molar-refractivity contribution in [2.75, 3.05) is 19.6 Å². The maximum absolute atomic E-state index is 12.2. The maximum Gasteiger partial charge on any atom is 0.248 e. The van der Waals surface area contributed by atoms with Gasteiger partial charge in [0, 0.05) is 40.6 Å². The zero-order valence-corrected chi connectivity index (χ0v) is 17.8. The number of H-pyrrole nitrogens is 2. The smallest absolute Gasteiger partial charge is 0.248 e. The van der Waals surface area contributed by atoms with Crippen LogP contribution in [-0.4, -0.2) is 34.5 Å². The summed E-state index contributed by atoms with van der Waals surface area (Å²) in [5, 5.41) is 2.59. The van der Waals surface area contributed by atoms with E-state index in [0.717, 1.165) is 31.6 Å². The van der Waals surface area contributed by atoms with Crippen LogP contribution in [-0.2, 0) is 6.42 Å². The highest BCUT2D eigenvalue weighted by atomic mass is 16.1. The summed E-state index contributed by atoms with van der Waals surface area (Å²) in [6.07, 6.45) is 5.51. The van der Waals surface area contributed by atoms with Gasteiger partial charge in [-0.2, -0.15) is 0 Å². The standard InChI is InChI=1S/C26H29N3O/c1-17-13-18(2)26-20(15-25(30)28-24(26)14-17)9-12-29-10-7-19(8-11-29)22-16-27-23-6-4-3-5-21(22)23/h3-6,13-16,19,27H,7-12H2,1-2H3,(H,28,30). The monoisotopic (exact) mass is 399 g/mol. The number of rotatable bonds is 4. The predicted octanol–water partition coefficient (Wildman–Crippen LogP) is 5.05. The summed E-state index contributed by atoms with van der Waals surface area (Å²) in [6, 6.07) is 14.7. The van der Waals surface area contributed by atoms with Crippen LogP contribution in [0.25, 0.3) is 21.8 Å². The highest BCUT2D eigenvalue weighted by Gasteiger charge is 2.22. The Bertz CT molecular complexity index is 1260. The summed E-state index contributed by atoms with van der Waals surface area (Å²) in [5.41, 5.74) is 7.28. The molecule has 3 heterocycles. The summed E-state index contributed by atoms with van der Waals surface area (Å²) in [6.45, 7) is 7.46. The van der Waals surface area contributed by atoms with E-state index >= 15 is 0 Å². The molecule has 0 atom stereocenters. The first-order chi connectivity index (χ1) is 14.6. The number of likely N-dealkylation sites (tertiary alicyclic amines) is 1. The first-order valence-corrected chi connectivity index (χ1v) is 11.0. The van der Waals surface area contributed by atoms with E-state index in [1.165, 1.54) is 51.4 Å². The average Bonchev–Trinajstić information content (AvgIpc) is 3.16. The molecule has 4 nitrogen and oxygen atoms in total. The maximum atomic E-state index is 12.2. The highest BCUT2D eigenvalue weighted by Crippen LogP contribution is 2.33. The molecule has 1 aliphatic heterocycles. The third-order valence-electron chi connectivity index (χ3n) is 6.71. The molecule has 5 rings (SSSR count). The van der Waals surface area contributed by atoms with Crippen LogP contribution < -0.4 is 5.56 Å². The van der Waals surface area contributed by atoms with Gasteiger partial charge >= 0.3 is 0 Å². The van der Waals surface area contributed by atoms with E-state index < -0.39 is 0 Å². The van der Waals surface area contributed by atoms with Crippen molar-refractivity contribution in [3.05, 3.63) is 81.3 Å². The summed E-state index contributed by atoms with van der Waals surface area (Å²) >= 11 is 0. The normalized spacial score (nSPS) is 15.9. The van der Waals surface area contributed by atoms with Crippen molar-refractivity contribution in [2.24, 2.45) is 0 Å². The van der Waals surface area contributed by atoms with Gasteiger partial charge in [0.1, 0.15) is 0 Å². The summed E-state index contributed by atoms with van der Waals surface area (Å²) in [4.78, 5) is 21.2. The number of fused-ring (bicyclic) bond motifs is 2. The second-order valence-corrected chi connectivity index (χ2v) is 8.82. The minimum atomic E-state index is 0.000504. The topological polar surface area (TPSA) is 51.9 Å². The Kier molecular flexibility index (Phi) is 4.95. The van der Waals surface area contributed by atoms with E-state index in [1.54, 1.807) is 6.07 Å². The van der Waals surface area contributed by atoms with Crippen molar-refractivity contribution in [3.8, 4) is 0 Å². The number of para-hydroxylation sites is 1. The molecule has 1 saturated heterocycles. The van der Waals surface area contributed by atoms with Crippen LogP contribution in [0.2, 0.25) is 0 Å². The lowest BCUT2D eigenvalue weighted by molar-refractivity contribution is 0.215. The highest BCUT2D eigenvalue weighted by molar-refractivity contribution is 5.86. The molecule has 2 aromatic heterocycles. The van der Waals surface area contributed by atoms with Crippen molar-refractivity contribution in [2.45, 2.75) is 39.0 Å². The molecule has 0 aliphatic carbocycles. The Morgan fingerprint density at radius 3 is 2.67 bits per heavy atom. The van der Waals surface area contributed by atoms with Crippen LogP contribution in [0.1, 0.15) is 41.0 Å². The van der Waals surface area contributed by atoms with Gasteiger partial charge in [-0.25, -0.2) is 0 Å². The van der Waals surface area contributed by atoms with Crippen molar-refractivity contribution < 1.29 is 0 Å². The lowest BCUT2D eigenvalue weighted by atomic mass is 9.89. The largest absolute Gasteiger partial charge is 0.361 e. The van der Waals surface area contributed by atoms with Crippen LogP contribution in [0.15, 0.2) is 53.5 Å². The van der Waals surface area contributed by atoms with Crippen LogP contribution in [0.4, 0.5) is 0 Å². The minimum Gasteiger partial charge on any atom is -0.361 e. The fourth-order valence-electron chi connectivity index (χ4n) is 5.27. The molecule has 4 heteroatoms. The molecule has 2 aromatic carbocycles. The molecular weight excluding hydrogens is 370 g/mol. The minimum absolute atomic E-state index is 0.000504. The molecule has 1 fully saturated rings. The fourth-order valence-corrected chi connectivity index (χ4v) is 5.27. The number of aromatic amines is 2. The van der Waals surface area contributed by atoms with Crippen LogP contribution in [0.5, 0.6) is 0 Å². The molecule has 154 valence electrons. The zero-order chi connectivity index (χ0) is 20.7. The van der Waals surface area contributed by atoms with Gasteiger partial charge in [-0.05, 0) is 86.5 Å². The zero-order valence-electron chi connectivity index (χ0n) is 17.8. The Morgan fingerprint density at radius 1 is 1.03 bits per heavy atom. The summed E-state index contributed by atoms with van der Waals surface area (Å²) < 4.78 is 0. The number of pyridine rings is 1. The molecule has 0 bridgehead atoms. The molecule has 0 amide bonds. The molecule has 0 saturated carbocycles. The van der Waals surface area contributed by atoms with Gasteiger partial charge in [0.05, 0.1) is 0 Å². The number of nitrogens with one attached hydrogen (secondary N) is 2. The molecule has 2 N–H and O–H groups in total. The van der Waals surface area contributed by atoms with E-state index in [0.29, 0.717) is 5.92 Å². The van der Waals surface area contributed by atoms with E-state index in [1.807, 2.05) is 0 Å². The molecule has 1 aliphatic rings. The Hall–Kier alpha value is -2.85. The van der Waals surface area contributed by atoms with Gasteiger partial charge in [-0.1, -0.05) is 24.3 Å². The SMILES string of the molecule is Cc1cc(C)c2c(CCN3CCC(c4c[nH]c5ccccc45)CC3)cc(=O)[nH]c2c1. The van der Waals surface area contributed by atoms with E-state index in [4.69, 9.17) is 0 Å². The number of piperidine rings is 1. The van der Waals surface area contributed by atoms with Crippen LogP contribution >= 0.6 is 0 Å². The average molecular weight is 400 g/mol. The second-order valence-electron chi connectivity index (χ2n) is 8.82. The van der Waals surface area contributed by atoms with E-state index in [9.17, 15) is 4.79 Å². The van der Waals surface area contributed by atoms with E-state index in [2.05, 4.69) is 71.3 Å². The van der Waals surface area contributed by atoms with Gasteiger partial charge in [0.15, 0.2) is 0 Å². The van der Waals surface area contributed by atoms with E-state index in [-0.39, 0.29) is 5.56 Å². The first kappa shape index (κ1) is 19.1. The Labute approximate surface area is 176 Å². The molecule has 0 radical (unpaired) electrons. The number of benzene rings is 2. The van der Waals surface area contributed by atoms with Gasteiger partial charge in [0.25, 0.3) is 0 Å². The third kappa shape index (κ3) is 3.56. The number of aryl methyl sites for hydroxylation is 2. The molecule has 0 unspecified atom stereocenters. The quantitative estimate of drug-likeness (QED) is 0.505.